The molecule has 0 amide bonds. The van der Waals surface area contributed by atoms with Crippen LogP contribution in [-0.2, 0) is 6.54 Å². The van der Waals surface area contributed by atoms with Gasteiger partial charge in [-0.05, 0) is 36.8 Å². The van der Waals surface area contributed by atoms with Gasteiger partial charge >= 0.3 is 0 Å². The van der Waals surface area contributed by atoms with Gasteiger partial charge in [0.25, 0.3) is 0 Å². The average Bonchev–Trinajstić information content (AvgIpc) is 2.67. The minimum Gasteiger partial charge on any atom is -0.310 e. The summed E-state index contributed by atoms with van der Waals surface area (Å²) in [5.74, 6) is -1.30. The highest BCUT2D eigenvalue weighted by Gasteiger charge is 2.30. The Morgan fingerprint density at radius 3 is 2.47 bits per heavy atom. The maximum atomic E-state index is 13.7. The van der Waals surface area contributed by atoms with Gasteiger partial charge < -0.3 is 5.32 Å². The number of rotatable bonds is 3. The molecule has 1 atom stereocenters. The van der Waals surface area contributed by atoms with Crippen molar-refractivity contribution in [2.24, 2.45) is 5.41 Å². The fourth-order valence-electron chi connectivity index (χ4n) is 2.69. The lowest BCUT2D eigenvalue weighted by molar-refractivity contribution is 0.363. The molecule has 0 bridgehead atoms. The molecule has 1 aliphatic rings. The number of benzene rings is 1. The van der Waals surface area contributed by atoms with Crippen LogP contribution >= 0.6 is 0 Å². The summed E-state index contributed by atoms with van der Waals surface area (Å²) in [4.78, 5) is 0. The Morgan fingerprint density at radius 2 is 2.00 bits per heavy atom. The van der Waals surface area contributed by atoms with E-state index < -0.39 is 11.6 Å². The van der Waals surface area contributed by atoms with Gasteiger partial charge in [0.2, 0.25) is 0 Å². The molecule has 2 nitrogen and oxygen atoms in total. The van der Waals surface area contributed by atoms with Crippen molar-refractivity contribution >= 4 is 0 Å². The molecule has 0 heterocycles. The van der Waals surface area contributed by atoms with Crippen molar-refractivity contribution < 1.29 is 8.78 Å². The molecule has 4 heteroatoms. The zero-order valence-electron chi connectivity index (χ0n) is 11.3. The quantitative estimate of drug-likeness (QED) is 0.907. The lowest BCUT2D eigenvalue weighted by atomic mass is 9.92. The molecule has 1 saturated carbocycles. The van der Waals surface area contributed by atoms with Gasteiger partial charge in [0, 0.05) is 18.2 Å². The summed E-state index contributed by atoms with van der Waals surface area (Å²) in [6.07, 6.45) is 3.18. The van der Waals surface area contributed by atoms with Gasteiger partial charge in [-0.1, -0.05) is 13.8 Å². The monoisotopic (exact) mass is 264 g/mol. The summed E-state index contributed by atoms with van der Waals surface area (Å²) in [6, 6.07) is 4.22. The number of hydrogen-bond donors (Lipinski definition) is 1. The molecule has 1 fully saturated rings. The zero-order chi connectivity index (χ0) is 14.0. The van der Waals surface area contributed by atoms with Crippen molar-refractivity contribution in [1.82, 2.24) is 5.32 Å². The summed E-state index contributed by atoms with van der Waals surface area (Å²) in [7, 11) is 0. The predicted molar refractivity (Wildman–Crippen MR) is 69.3 cm³/mol. The second-order valence-corrected chi connectivity index (χ2v) is 6.02. The highest BCUT2D eigenvalue weighted by molar-refractivity contribution is 5.34. The Labute approximate surface area is 112 Å². The third-order valence-electron chi connectivity index (χ3n) is 3.81. The second kappa shape index (κ2) is 5.26. The number of nitriles is 1. The molecule has 1 unspecified atom stereocenters. The lowest BCUT2D eigenvalue weighted by Crippen LogP contribution is -2.27. The summed E-state index contributed by atoms with van der Waals surface area (Å²) in [6.45, 7) is 4.58. The van der Waals surface area contributed by atoms with E-state index in [0.717, 1.165) is 31.4 Å². The first-order chi connectivity index (χ1) is 8.91. The molecule has 102 valence electrons. The Hall–Kier alpha value is -1.47. The maximum Gasteiger partial charge on any atom is 0.131 e. The van der Waals surface area contributed by atoms with Crippen molar-refractivity contribution in [1.29, 1.82) is 5.26 Å². The van der Waals surface area contributed by atoms with Crippen LogP contribution in [0, 0.1) is 28.4 Å². The summed E-state index contributed by atoms with van der Waals surface area (Å²) < 4.78 is 27.4. The van der Waals surface area contributed by atoms with Gasteiger partial charge in [-0.25, -0.2) is 8.78 Å². The minimum atomic E-state index is -0.652. The van der Waals surface area contributed by atoms with Crippen LogP contribution in [0.15, 0.2) is 12.1 Å². The van der Waals surface area contributed by atoms with Gasteiger partial charge in [-0.15, -0.1) is 0 Å². The highest BCUT2D eigenvalue weighted by Crippen LogP contribution is 2.37. The van der Waals surface area contributed by atoms with Crippen LogP contribution in [0.25, 0.3) is 0 Å². The van der Waals surface area contributed by atoms with E-state index in [4.69, 9.17) is 5.26 Å². The SMILES string of the molecule is CC1(C)CCC(NCc2c(F)cc(C#N)cc2F)C1. The Morgan fingerprint density at radius 1 is 1.37 bits per heavy atom. The van der Waals surface area contributed by atoms with E-state index in [0.29, 0.717) is 11.5 Å². The molecule has 0 spiro atoms. The predicted octanol–water partition coefficient (Wildman–Crippen LogP) is 3.50. The average molecular weight is 264 g/mol. The molecule has 0 saturated heterocycles. The minimum absolute atomic E-state index is 0.0146. The first kappa shape index (κ1) is 14.0. The number of hydrogen-bond acceptors (Lipinski definition) is 2. The maximum absolute atomic E-state index is 13.7. The highest BCUT2D eigenvalue weighted by atomic mass is 19.1. The third kappa shape index (κ3) is 3.30. The fraction of sp³-hybridized carbons (Fsp3) is 0.533. The van der Waals surface area contributed by atoms with Crippen molar-refractivity contribution in [3.8, 4) is 6.07 Å². The van der Waals surface area contributed by atoms with Crippen LogP contribution in [-0.4, -0.2) is 6.04 Å². The molecule has 0 radical (unpaired) electrons. The summed E-state index contributed by atoms with van der Waals surface area (Å²) in [5.41, 5.74) is 0.337. The van der Waals surface area contributed by atoms with Gasteiger partial charge in [-0.3, -0.25) is 0 Å². The fourth-order valence-corrected chi connectivity index (χ4v) is 2.69. The van der Waals surface area contributed by atoms with Gasteiger partial charge in [0.1, 0.15) is 11.6 Å². The van der Waals surface area contributed by atoms with E-state index in [1.54, 1.807) is 6.07 Å². The molecule has 1 aromatic carbocycles. The van der Waals surface area contributed by atoms with Crippen molar-refractivity contribution in [2.75, 3.05) is 0 Å². The van der Waals surface area contributed by atoms with E-state index >= 15 is 0 Å². The molecule has 1 N–H and O–H groups in total. The Bertz CT molecular complexity index is 494. The topological polar surface area (TPSA) is 35.8 Å². The van der Waals surface area contributed by atoms with E-state index in [1.165, 1.54) is 0 Å². The van der Waals surface area contributed by atoms with E-state index in [2.05, 4.69) is 19.2 Å². The second-order valence-electron chi connectivity index (χ2n) is 6.02. The molecular weight excluding hydrogens is 246 g/mol. The Balaban J connectivity index is 2.03. The van der Waals surface area contributed by atoms with Crippen LogP contribution in [0.3, 0.4) is 0 Å². The Kier molecular flexibility index (Phi) is 3.86. The number of nitrogens with one attached hydrogen (secondary N) is 1. The lowest BCUT2D eigenvalue weighted by Gasteiger charge is -2.18. The normalized spacial score (nSPS) is 21.3. The number of halogens is 2. The largest absolute Gasteiger partial charge is 0.310 e. The van der Waals surface area contributed by atoms with Crippen LogP contribution < -0.4 is 5.32 Å². The van der Waals surface area contributed by atoms with Gasteiger partial charge in [-0.2, -0.15) is 5.26 Å². The van der Waals surface area contributed by atoms with Crippen LogP contribution in [0.1, 0.15) is 44.2 Å². The smallest absolute Gasteiger partial charge is 0.131 e. The molecule has 1 aromatic rings. The molecule has 2 rings (SSSR count). The first-order valence-corrected chi connectivity index (χ1v) is 6.53. The van der Waals surface area contributed by atoms with Gasteiger partial charge in [0.15, 0.2) is 0 Å². The van der Waals surface area contributed by atoms with Crippen LogP contribution in [0.2, 0.25) is 0 Å². The van der Waals surface area contributed by atoms with Crippen LogP contribution in [0.5, 0.6) is 0 Å². The molecular formula is C15H18F2N2. The van der Waals surface area contributed by atoms with E-state index in [-0.39, 0.29) is 17.7 Å². The molecule has 0 aliphatic heterocycles. The summed E-state index contributed by atoms with van der Waals surface area (Å²) in [5, 5.41) is 11.8. The van der Waals surface area contributed by atoms with Crippen molar-refractivity contribution in [3.63, 3.8) is 0 Å². The third-order valence-corrected chi connectivity index (χ3v) is 3.81. The summed E-state index contributed by atoms with van der Waals surface area (Å²) >= 11 is 0. The molecule has 19 heavy (non-hydrogen) atoms. The van der Waals surface area contributed by atoms with Crippen molar-refractivity contribution in [2.45, 2.75) is 45.7 Å². The number of nitrogens with zero attached hydrogens (tertiary/aromatic N) is 1. The standard InChI is InChI=1S/C15H18F2N2/c1-15(2)4-3-11(7-15)19-9-12-13(16)5-10(8-18)6-14(12)17/h5-6,11,19H,3-4,7,9H2,1-2H3. The van der Waals surface area contributed by atoms with Crippen molar-refractivity contribution in [3.05, 3.63) is 34.9 Å². The van der Waals surface area contributed by atoms with Gasteiger partial charge in [0.05, 0.1) is 11.6 Å². The first-order valence-electron chi connectivity index (χ1n) is 6.53. The van der Waals surface area contributed by atoms with Crippen LogP contribution in [0.4, 0.5) is 8.78 Å². The molecule has 1 aliphatic carbocycles. The van der Waals surface area contributed by atoms with E-state index in [9.17, 15) is 8.78 Å². The zero-order valence-corrected chi connectivity index (χ0v) is 11.3. The molecule has 0 aromatic heterocycles. The van der Waals surface area contributed by atoms with E-state index in [1.807, 2.05) is 0 Å².